The van der Waals surface area contributed by atoms with Gasteiger partial charge in [-0.05, 0) is 28.5 Å². The average molecular weight is 314 g/mol. The number of aromatic nitrogens is 2. The molecule has 0 fully saturated rings. The highest BCUT2D eigenvalue weighted by Gasteiger charge is 2.12. The molecule has 0 bridgehead atoms. The van der Waals surface area contributed by atoms with Gasteiger partial charge in [0.1, 0.15) is 4.70 Å². The van der Waals surface area contributed by atoms with Gasteiger partial charge >= 0.3 is 0 Å². The Bertz CT molecular complexity index is 834. The Morgan fingerprint density at radius 3 is 2.55 bits per heavy atom. The van der Waals surface area contributed by atoms with E-state index in [0.717, 1.165) is 5.56 Å². The lowest BCUT2D eigenvalue weighted by molar-refractivity contribution is 0.155. The predicted molar refractivity (Wildman–Crippen MR) is 89.4 cm³/mol. The maximum absolute atomic E-state index is 12.3. The highest BCUT2D eigenvalue weighted by molar-refractivity contribution is 7.17. The van der Waals surface area contributed by atoms with E-state index >= 15 is 0 Å². The van der Waals surface area contributed by atoms with Gasteiger partial charge in [0.15, 0.2) is 0 Å². The first-order valence-electron chi connectivity index (χ1n) is 7.27. The first-order chi connectivity index (χ1) is 10.6. The third kappa shape index (κ3) is 2.82. The third-order valence-corrected chi connectivity index (χ3v) is 4.68. The molecule has 1 aromatic carbocycles. The van der Waals surface area contributed by atoms with Gasteiger partial charge in [0.05, 0.1) is 24.5 Å². The van der Waals surface area contributed by atoms with Crippen LogP contribution in [0.25, 0.3) is 10.2 Å². The number of nitrogens with zero attached hydrogens (tertiary/aromatic N) is 2. The topological polar surface area (TPSA) is 55.1 Å². The van der Waals surface area contributed by atoms with E-state index in [1.165, 1.54) is 27.8 Å². The van der Waals surface area contributed by atoms with E-state index < -0.39 is 6.10 Å². The van der Waals surface area contributed by atoms with Gasteiger partial charge < -0.3 is 5.11 Å². The van der Waals surface area contributed by atoms with Gasteiger partial charge in [-0.1, -0.05) is 38.1 Å². The number of fused-ring (bicyclic) bond motifs is 1. The molecule has 0 aliphatic heterocycles. The molecule has 0 amide bonds. The highest BCUT2D eigenvalue weighted by Crippen LogP contribution is 2.20. The summed E-state index contributed by atoms with van der Waals surface area (Å²) in [6, 6.07) is 9.70. The van der Waals surface area contributed by atoms with E-state index in [1.54, 1.807) is 0 Å². The second-order valence-corrected chi connectivity index (χ2v) is 6.59. The van der Waals surface area contributed by atoms with Crippen molar-refractivity contribution in [3.05, 3.63) is 63.5 Å². The first kappa shape index (κ1) is 14.9. The molecule has 2 aromatic heterocycles. The highest BCUT2D eigenvalue weighted by atomic mass is 32.1. The van der Waals surface area contributed by atoms with Crippen molar-refractivity contribution in [2.45, 2.75) is 32.4 Å². The largest absolute Gasteiger partial charge is 0.387 e. The van der Waals surface area contributed by atoms with Crippen LogP contribution < -0.4 is 5.56 Å². The molecular weight excluding hydrogens is 296 g/mol. The second kappa shape index (κ2) is 6.02. The number of hydrogen-bond donors (Lipinski definition) is 1. The van der Waals surface area contributed by atoms with Crippen LogP contribution in [0.15, 0.2) is 46.8 Å². The van der Waals surface area contributed by atoms with Gasteiger partial charge in [-0.15, -0.1) is 11.3 Å². The van der Waals surface area contributed by atoms with Crippen molar-refractivity contribution in [2.24, 2.45) is 0 Å². The van der Waals surface area contributed by atoms with Crippen molar-refractivity contribution in [3.8, 4) is 0 Å². The summed E-state index contributed by atoms with van der Waals surface area (Å²) in [7, 11) is 0. The molecule has 114 valence electrons. The van der Waals surface area contributed by atoms with Gasteiger partial charge in [0, 0.05) is 0 Å². The molecule has 22 heavy (non-hydrogen) atoms. The minimum atomic E-state index is -0.724. The van der Waals surface area contributed by atoms with Gasteiger partial charge in [0.2, 0.25) is 0 Å². The van der Waals surface area contributed by atoms with Gasteiger partial charge in [-0.3, -0.25) is 9.36 Å². The molecule has 0 saturated carbocycles. The Kier molecular flexibility index (Phi) is 4.09. The zero-order chi connectivity index (χ0) is 15.7. The van der Waals surface area contributed by atoms with Crippen molar-refractivity contribution < 1.29 is 5.11 Å². The number of aliphatic hydroxyl groups is 1. The summed E-state index contributed by atoms with van der Waals surface area (Å²) in [6.07, 6.45) is 0.779. The minimum Gasteiger partial charge on any atom is -0.387 e. The number of benzene rings is 1. The second-order valence-electron chi connectivity index (χ2n) is 5.67. The molecule has 2 heterocycles. The quantitative estimate of drug-likeness (QED) is 0.804. The van der Waals surface area contributed by atoms with E-state index in [9.17, 15) is 9.90 Å². The van der Waals surface area contributed by atoms with E-state index in [1.807, 2.05) is 35.7 Å². The molecule has 3 aromatic rings. The maximum Gasteiger partial charge on any atom is 0.271 e. The van der Waals surface area contributed by atoms with Gasteiger partial charge in [-0.2, -0.15) is 0 Å². The molecule has 0 aliphatic rings. The van der Waals surface area contributed by atoms with Gasteiger partial charge in [-0.25, -0.2) is 4.98 Å². The van der Waals surface area contributed by atoms with Crippen LogP contribution in [0.5, 0.6) is 0 Å². The molecule has 0 aliphatic carbocycles. The Hall–Kier alpha value is -1.98. The molecule has 1 N–H and O–H groups in total. The van der Waals surface area contributed by atoms with Crippen LogP contribution in [0.1, 0.15) is 37.0 Å². The number of aliphatic hydroxyl groups excluding tert-OH is 1. The summed E-state index contributed by atoms with van der Waals surface area (Å²) in [4.78, 5) is 16.6. The van der Waals surface area contributed by atoms with E-state index in [4.69, 9.17) is 0 Å². The van der Waals surface area contributed by atoms with Crippen molar-refractivity contribution in [2.75, 3.05) is 0 Å². The Labute approximate surface area is 132 Å². The van der Waals surface area contributed by atoms with Crippen LogP contribution in [0.4, 0.5) is 0 Å². The SMILES string of the molecule is CC(C)c1ccc(C(O)Cn2cnc3ccsc3c2=O)cc1. The minimum absolute atomic E-state index is 0.0992. The molecule has 0 radical (unpaired) electrons. The molecule has 3 rings (SSSR count). The fourth-order valence-corrected chi connectivity index (χ4v) is 3.20. The number of hydrogen-bond acceptors (Lipinski definition) is 4. The van der Waals surface area contributed by atoms with Crippen molar-refractivity contribution >= 4 is 21.6 Å². The Morgan fingerprint density at radius 2 is 1.86 bits per heavy atom. The standard InChI is InChI=1S/C17H18N2O2S/c1-11(2)12-3-5-13(6-4-12)15(20)9-19-10-18-14-7-8-22-16(14)17(19)21/h3-8,10-11,15,20H,9H2,1-2H3. The summed E-state index contributed by atoms with van der Waals surface area (Å²) in [5, 5.41) is 12.2. The Morgan fingerprint density at radius 1 is 1.18 bits per heavy atom. The van der Waals surface area contributed by atoms with Crippen LogP contribution in [0.3, 0.4) is 0 Å². The normalized spacial score (nSPS) is 12.9. The van der Waals surface area contributed by atoms with Crippen molar-refractivity contribution in [1.29, 1.82) is 0 Å². The smallest absolute Gasteiger partial charge is 0.271 e. The predicted octanol–water partition coefficient (Wildman–Crippen LogP) is 3.32. The van der Waals surface area contributed by atoms with Crippen molar-refractivity contribution in [3.63, 3.8) is 0 Å². The average Bonchev–Trinajstić information content (AvgIpc) is 2.99. The summed E-state index contributed by atoms with van der Waals surface area (Å²) >= 11 is 1.38. The fourth-order valence-electron chi connectivity index (χ4n) is 2.40. The zero-order valence-corrected chi connectivity index (χ0v) is 13.4. The maximum atomic E-state index is 12.3. The van der Waals surface area contributed by atoms with Crippen LogP contribution in [0.2, 0.25) is 0 Å². The lowest BCUT2D eigenvalue weighted by Gasteiger charge is -2.14. The molecule has 1 unspecified atom stereocenters. The Balaban J connectivity index is 1.84. The van der Waals surface area contributed by atoms with Crippen LogP contribution >= 0.6 is 11.3 Å². The molecule has 5 heteroatoms. The first-order valence-corrected chi connectivity index (χ1v) is 8.15. The van der Waals surface area contributed by atoms with Crippen LogP contribution in [-0.4, -0.2) is 14.7 Å². The number of rotatable bonds is 4. The lowest BCUT2D eigenvalue weighted by atomic mass is 10.00. The zero-order valence-electron chi connectivity index (χ0n) is 12.6. The molecule has 1 atom stereocenters. The summed E-state index contributed by atoms with van der Waals surface area (Å²) < 4.78 is 2.10. The summed E-state index contributed by atoms with van der Waals surface area (Å²) in [5.41, 5.74) is 2.65. The van der Waals surface area contributed by atoms with E-state index in [-0.39, 0.29) is 12.1 Å². The lowest BCUT2D eigenvalue weighted by Crippen LogP contribution is -2.23. The van der Waals surface area contributed by atoms with E-state index in [0.29, 0.717) is 16.1 Å². The van der Waals surface area contributed by atoms with Crippen molar-refractivity contribution in [1.82, 2.24) is 9.55 Å². The third-order valence-electron chi connectivity index (χ3n) is 3.79. The van der Waals surface area contributed by atoms with Crippen LogP contribution in [0, 0.1) is 0 Å². The number of thiophene rings is 1. The van der Waals surface area contributed by atoms with E-state index in [2.05, 4.69) is 18.8 Å². The fraction of sp³-hybridized carbons (Fsp3) is 0.294. The van der Waals surface area contributed by atoms with Gasteiger partial charge in [0.25, 0.3) is 5.56 Å². The molecule has 4 nitrogen and oxygen atoms in total. The summed E-state index contributed by atoms with van der Waals surface area (Å²) in [5.74, 6) is 0.458. The summed E-state index contributed by atoms with van der Waals surface area (Å²) in [6.45, 7) is 4.47. The molecular formula is C17H18N2O2S. The molecule has 0 spiro atoms. The van der Waals surface area contributed by atoms with Crippen LogP contribution in [-0.2, 0) is 6.54 Å². The molecule has 0 saturated heterocycles. The monoisotopic (exact) mass is 314 g/mol.